The molecule has 2 aliphatic rings. The van der Waals surface area contributed by atoms with E-state index in [-0.39, 0.29) is 37.9 Å². The van der Waals surface area contributed by atoms with Gasteiger partial charge < -0.3 is 30.2 Å². The number of aliphatic hydroxyl groups excluding tert-OH is 1. The number of fused-ring (bicyclic) bond motifs is 1. The van der Waals surface area contributed by atoms with Crippen molar-refractivity contribution in [2.24, 2.45) is 5.92 Å². The fourth-order valence-corrected chi connectivity index (χ4v) is 4.95. The molecule has 0 radical (unpaired) electrons. The van der Waals surface area contributed by atoms with Crippen molar-refractivity contribution in [2.45, 2.75) is 25.5 Å². The van der Waals surface area contributed by atoms with Crippen LogP contribution in [0, 0.1) is 5.92 Å². The van der Waals surface area contributed by atoms with Crippen molar-refractivity contribution in [3.63, 3.8) is 0 Å². The number of nitrogens with zero attached hydrogens (tertiary/aromatic N) is 3. The quantitative estimate of drug-likeness (QED) is 0.443. The molecular weight excluding hydrogens is 472 g/mol. The number of hydrogen-bond acceptors (Lipinski definition) is 6. The second-order valence-electron chi connectivity index (χ2n) is 9.50. The first-order chi connectivity index (χ1) is 17.8. The summed E-state index contributed by atoms with van der Waals surface area (Å²) in [5, 5.41) is 24.2. The molecule has 0 spiro atoms. The molecule has 2 atom stereocenters. The van der Waals surface area contributed by atoms with Crippen LogP contribution in [-0.4, -0.2) is 72.7 Å². The molecule has 2 aromatic rings. The molecule has 1 saturated heterocycles. The molecule has 0 aromatic heterocycles. The highest BCUT2D eigenvalue weighted by Gasteiger charge is 2.51. The highest BCUT2D eigenvalue weighted by Crippen LogP contribution is 2.46. The molecule has 2 aromatic carbocycles. The SMILES string of the molecule is C[C@@H](/C=C/CC(=O)N(CCO)Cc1ccccc1)[C@]1(O)C(=O)N(C)c2ccc(N3CCNCC3=O)cc21. The molecule has 2 heterocycles. The van der Waals surface area contributed by atoms with Crippen LogP contribution in [-0.2, 0) is 26.5 Å². The van der Waals surface area contributed by atoms with Crippen LogP contribution in [0.15, 0.2) is 60.7 Å². The van der Waals surface area contributed by atoms with E-state index in [1.165, 1.54) is 4.90 Å². The number of carbonyl (C=O) groups is 3. The van der Waals surface area contributed by atoms with Gasteiger partial charge in [-0.15, -0.1) is 0 Å². The summed E-state index contributed by atoms with van der Waals surface area (Å²) in [5.74, 6) is -1.32. The van der Waals surface area contributed by atoms with E-state index < -0.39 is 17.4 Å². The third kappa shape index (κ3) is 5.29. The first-order valence-electron chi connectivity index (χ1n) is 12.5. The number of benzene rings is 2. The summed E-state index contributed by atoms with van der Waals surface area (Å²) in [5.41, 5.74) is 0.806. The first kappa shape index (κ1) is 26.5. The monoisotopic (exact) mass is 506 g/mol. The highest BCUT2D eigenvalue weighted by molar-refractivity contribution is 6.07. The van der Waals surface area contributed by atoms with Crippen molar-refractivity contribution in [2.75, 3.05) is 49.6 Å². The Kier molecular flexibility index (Phi) is 8.06. The van der Waals surface area contributed by atoms with Crippen molar-refractivity contribution in [1.82, 2.24) is 10.2 Å². The predicted octanol–water partition coefficient (Wildman–Crippen LogP) is 1.39. The summed E-state index contributed by atoms with van der Waals surface area (Å²) in [6, 6.07) is 14.8. The maximum Gasteiger partial charge on any atom is 0.264 e. The lowest BCUT2D eigenvalue weighted by molar-refractivity contribution is -0.139. The van der Waals surface area contributed by atoms with E-state index in [4.69, 9.17) is 0 Å². The minimum atomic E-state index is -1.83. The zero-order valence-electron chi connectivity index (χ0n) is 21.3. The molecule has 9 nitrogen and oxygen atoms in total. The Hall–Kier alpha value is -3.53. The van der Waals surface area contributed by atoms with Crippen LogP contribution in [0.4, 0.5) is 11.4 Å². The van der Waals surface area contributed by atoms with Crippen LogP contribution in [0.3, 0.4) is 0 Å². The van der Waals surface area contributed by atoms with Gasteiger partial charge in [0.1, 0.15) is 0 Å². The molecule has 0 aliphatic carbocycles. The van der Waals surface area contributed by atoms with Crippen LogP contribution in [0.25, 0.3) is 0 Å². The van der Waals surface area contributed by atoms with Gasteiger partial charge in [-0.25, -0.2) is 0 Å². The molecule has 3 N–H and O–H groups in total. The van der Waals surface area contributed by atoms with E-state index >= 15 is 0 Å². The van der Waals surface area contributed by atoms with E-state index in [0.717, 1.165) is 5.56 Å². The minimum Gasteiger partial charge on any atom is -0.395 e. The van der Waals surface area contributed by atoms with Gasteiger partial charge in [0, 0.05) is 56.8 Å². The standard InChI is InChI=1S/C28H34N4O5/c1-20(7-6-10-25(34)31(15-16-33)19-21-8-4-3-5-9-21)28(37)23-17-22(32-14-13-29-18-26(32)35)11-12-24(23)30(2)27(28)36/h3-9,11-12,17,20,29,33,37H,10,13-16,18-19H2,1-2H3/b7-6+/t20-,28+/m0/s1. The average Bonchev–Trinajstić information content (AvgIpc) is 3.10. The maximum absolute atomic E-state index is 13.2. The van der Waals surface area contributed by atoms with Gasteiger partial charge in [0.15, 0.2) is 5.60 Å². The van der Waals surface area contributed by atoms with Crippen molar-refractivity contribution in [3.8, 4) is 0 Å². The Bertz CT molecular complexity index is 1180. The van der Waals surface area contributed by atoms with E-state index in [9.17, 15) is 24.6 Å². The summed E-state index contributed by atoms with van der Waals surface area (Å²) in [6.45, 7) is 3.60. The van der Waals surface area contributed by atoms with E-state index in [2.05, 4.69) is 5.32 Å². The van der Waals surface area contributed by atoms with Gasteiger partial charge >= 0.3 is 0 Å². The van der Waals surface area contributed by atoms with E-state index in [1.54, 1.807) is 54.1 Å². The summed E-state index contributed by atoms with van der Waals surface area (Å²) in [6.07, 6.45) is 3.41. The number of aliphatic hydroxyl groups is 2. The third-order valence-corrected chi connectivity index (χ3v) is 7.10. The molecule has 2 aliphatic heterocycles. The van der Waals surface area contributed by atoms with Crippen molar-refractivity contribution < 1.29 is 24.6 Å². The van der Waals surface area contributed by atoms with Gasteiger partial charge in [-0.3, -0.25) is 14.4 Å². The summed E-state index contributed by atoms with van der Waals surface area (Å²) < 4.78 is 0. The fraction of sp³-hybridized carbons (Fsp3) is 0.393. The second-order valence-corrected chi connectivity index (χ2v) is 9.50. The molecule has 196 valence electrons. The minimum absolute atomic E-state index is 0.0678. The smallest absolute Gasteiger partial charge is 0.264 e. The summed E-state index contributed by atoms with van der Waals surface area (Å²) in [7, 11) is 1.62. The van der Waals surface area contributed by atoms with Gasteiger partial charge in [-0.05, 0) is 23.8 Å². The number of rotatable bonds is 9. The number of likely N-dealkylation sites (N-methyl/N-ethyl adjacent to an activating group) is 1. The molecule has 3 amide bonds. The van der Waals surface area contributed by atoms with Gasteiger partial charge in [0.2, 0.25) is 11.8 Å². The van der Waals surface area contributed by atoms with Gasteiger partial charge in [0.05, 0.1) is 18.8 Å². The third-order valence-electron chi connectivity index (χ3n) is 7.10. The predicted molar refractivity (Wildman–Crippen MR) is 141 cm³/mol. The first-order valence-corrected chi connectivity index (χ1v) is 12.5. The van der Waals surface area contributed by atoms with Gasteiger partial charge in [-0.1, -0.05) is 49.4 Å². The van der Waals surface area contributed by atoms with Crippen LogP contribution in [0.1, 0.15) is 24.5 Å². The number of carbonyl (C=O) groups excluding carboxylic acids is 3. The Labute approximate surface area is 217 Å². The Morgan fingerprint density at radius 3 is 2.68 bits per heavy atom. The van der Waals surface area contributed by atoms with Gasteiger partial charge in [0.25, 0.3) is 5.91 Å². The molecular formula is C28H34N4O5. The van der Waals surface area contributed by atoms with Crippen LogP contribution in [0.5, 0.6) is 0 Å². The van der Waals surface area contributed by atoms with Crippen LogP contribution < -0.4 is 15.1 Å². The largest absolute Gasteiger partial charge is 0.395 e. The summed E-state index contributed by atoms with van der Waals surface area (Å²) >= 11 is 0. The molecule has 0 saturated carbocycles. The van der Waals surface area contributed by atoms with Crippen molar-refractivity contribution >= 4 is 29.1 Å². The maximum atomic E-state index is 13.2. The number of nitrogens with one attached hydrogen (secondary N) is 1. The van der Waals surface area contributed by atoms with Crippen molar-refractivity contribution in [3.05, 3.63) is 71.8 Å². The Morgan fingerprint density at radius 2 is 1.97 bits per heavy atom. The van der Waals surface area contributed by atoms with Crippen LogP contribution in [0.2, 0.25) is 0 Å². The van der Waals surface area contributed by atoms with E-state index in [0.29, 0.717) is 36.6 Å². The molecule has 0 unspecified atom stereocenters. The number of amides is 3. The second kappa shape index (κ2) is 11.2. The zero-order chi connectivity index (χ0) is 26.6. The van der Waals surface area contributed by atoms with Crippen LogP contribution >= 0.6 is 0 Å². The number of hydrogen-bond donors (Lipinski definition) is 3. The van der Waals surface area contributed by atoms with Gasteiger partial charge in [-0.2, -0.15) is 0 Å². The van der Waals surface area contributed by atoms with E-state index in [1.807, 2.05) is 30.3 Å². The molecule has 1 fully saturated rings. The molecule has 0 bridgehead atoms. The molecule has 4 rings (SSSR count). The lowest BCUT2D eigenvalue weighted by atomic mass is 9.82. The molecule has 9 heteroatoms. The Balaban J connectivity index is 1.51. The lowest BCUT2D eigenvalue weighted by Crippen LogP contribution is -2.48. The molecule has 37 heavy (non-hydrogen) atoms. The van der Waals surface area contributed by atoms with Crippen molar-refractivity contribution in [1.29, 1.82) is 0 Å². The normalized spacial score (nSPS) is 20.4. The lowest BCUT2D eigenvalue weighted by Gasteiger charge is -2.30. The summed E-state index contributed by atoms with van der Waals surface area (Å²) in [4.78, 5) is 43.2. The topological polar surface area (TPSA) is 113 Å². The Morgan fingerprint density at radius 1 is 1.22 bits per heavy atom. The average molecular weight is 507 g/mol. The zero-order valence-corrected chi connectivity index (χ0v) is 21.3. The highest BCUT2D eigenvalue weighted by atomic mass is 16.3. The fourth-order valence-electron chi connectivity index (χ4n) is 4.95. The number of anilines is 2. The number of piperazine rings is 1.